The molecule has 0 aliphatic heterocycles. The average molecular weight is 413 g/mol. The predicted octanol–water partition coefficient (Wildman–Crippen LogP) is 6.90. The quantitative estimate of drug-likeness (QED) is 0.217. The molecule has 0 aromatic carbocycles. The molecule has 0 spiro atoms. The second kappa shape index (κ2) is 13.9. The van der Waals surface area contributed by atoms with Crippen molar-refractivity contribution in [3.8, 4) is 0 Å². The smallest absolute Gasteiger partial charge is 0.295 e. The molecule has 0 aromatic rings. The number of unbranched alkanes of at least 4 members (excludes halogenated alkanes) is 4. The number of rotatable bonds is 15. The third-order valence-electron chi connectivity index (χ3n) is 5.92. The normalized spacial score (nSPS) is 16.8. The number of carbonyl (C=O) groups is 1. The van der Waals surface area contributed by atoms with Gasteiger partial charge < -0.3 is 8.85 Å². The highest BCUT2D eigenvalue weighted by Crippen LogP contribution is 2.45. The molecule has 0 bridgehead atoms. The standard InChI is InChI=1S/C22H44O3Si2/c1-6-8-12-16-27(17-13-9-7-2,21-14-10-11-15-21)25-22(23)20(5)18-26-24-19(3)4/h19-21H,6-18H2,1-5H3. The van der Waals surface area contributed by atoms with Crippen LogP contribution in [0.3, 0.4) is 0 Å². The first-order chi connectivity index (χ1) is 12.9. The van der Waals surface area contributed by atoms with Crippen molar-refractivity contribution in [2.75, 3.05) is 0 Å². The summed E-state index contributed by atoms with van der Waals surface area (Å²) in [6.07, 6.45) is 13.0. The van der Waals surface area contributed by atoms with Crippen LogP contribution in [-0.2, 0) is 13.6 Å². The molecule has 0 N–H and O–H groups in total. The van der Waals surface area contributed by atoms with Crippen molar-refractivity contribution in [3.63, 3.8) is 0 Å². The number of hydrogen-bond acceptors (Lipinski definition) is 3. The van der Waals surface area contributed by atoms with Crippen molar-refractivity contribution in [1.82, 2.24) is 0 Å². The van der Waals surface area contributed by atoms with E-state index in [1.54, 1.807) is 0 Å². The van der Waals surface area contributed by atoms with Gasteiger partial charge in [-0.1, -0.05) is 72.1 Å². The van der Waals surface area contributed by atoms with Crippen LogP contribution in [0.1, 0.15) is 98.8 Å². The van der Waals surface area contributed by atoms with Crippen molar-refractivity contribution in [3.05, 3.63) is 0 Å². The molecule has 1 aliphatic rings. The van der Waals surface area contributed by atoms with E-state index in [1.807, 2.05) is 6.92 Å². The van der Waals surface area contributed by atoms with E-state index in [1.165, 1.54) is 76.3 Å². The molecule has 1 fully saturated rings. The zero-order valence-corrected chi connectivity index (χ0v) is 20.6. The van der Waals surface area contributed by atoms with E-state index in [0.717, 1.165) is 6.04 Å². The summed E-state index contributed by atoms with van der Waals surface area (Å²) >= 11 is 0. The van der Waals surface area contributed by atoms with E-state index in [4.69, 9.17) is 8.85 Å². The van der Waals surface area contributed by atoms with Crippen LogP contribution in [0.4, 0.5) is 0 Å². The van der Waals surface area contributed by atoms with Crippen LogP contribution in [0.5, 0.6) is 0 Å². The molecule has 1 rings (SSSR count). The fourth-order valence-electron chi connectivity index (χ4n) is 4.24. The van der Waals surface area contributed by atoms with Crippen LogP contribution in [0.25, 0.3) is 0 Å². The molecule has 3 nitrogen and oxygen atoms in total. The molecular weight excluding hydrogens is 368 g/mol. The van der Waals surface area contributed by atoms with Gasteiger partial charge >= 0.3 is 0 Å². The van der Waals surface area contributed by atoms with E-state index >= 15 is 0 Å². The van der Waals surface area contributed by atoms with Crippen molar-refractivity contribution in [2.24, 2.45) is 5.92 Å². The monoisotopic (exact) mass is 412 g/mol. The van der Waals surface area contributed by atoms with Gasteiger partial charge in [-0.05, 0) is 50.4 Å². The molecule has 27 heavy (non-hydrogen) atoms. The lowest BCUT2D eigenvalue weighted by atomic mass is 10.2. The van der Waals surface area contributed by atoms with Gasteiger partial charge in [0.2, 0.25) is 9.76 Å². The van der Waals surface area contributed by atoms with E-state index < -0.39 is 8.32 Å². The van der Waals surface area contributed by atoms with Crippen molar-refractivity contribution in [2.45, 2.75) is 129 Å². The second-order valence-corrected chi connectivity index (χ2v) is 13.9. The minimum atomic E-state index is -2.01. The molecule has 0 amide bonds. The van der Waals surface area contributed by atoms with E-state index in [2.05, 4.69) is 27.7 Å². The Balaban J connectivity index is 2.80. The lowest BCUT2D eigenvalue weighted by Gasteiger charge is -2.37. The first-order valence-corrected chi connectivity index (χ1v) is 15.1. The molecule has 1 aliphatic carbocycles. The molecule has 2 radical (unpaired) electrons. The Morgan fingerprint density at radius 3 is 2.04 bits per heavy atom. The summed E-state index contributed by atoms with van der Waals surface area (Å²) in [5.41, 5.74) is 0.705. The van der Waals surface area contributed by atoms with E-state index in [0.29, 0.717) is 15.3 Å². The van der Waals surface area contributed by atoms with Crippen molar-refractivity contribution in [1.29, 1.82) is 0 Å². The molecule has 5 heteroatoms. The highest BCUT2D eigenvalue weighted by molar-refractivity contribution is 6.76. The molecule has 0 saturated heterocycles. The minimum Gasteiger partial charge on any atom is -0.519 e. The lowest BCUT2D eigenvalue weighted by Crippen LogP contribution is -2.45. The van der Waals surface area contributed by atoms with Crippen molar-refractivity contribution < 1.29 is 13.6 Å². The summed E-state index contributed by atoms with van der Waals surface area (Å²) in [7, 11) is -1.62. The van der Waals surface area contributed by atoms with Crippen molar-refractivity contribution >= 4 is 24.0 Å². The molecule has 158 valence electrons. The molecule has 0 aromatic heterocycles. The largest absolute Gasteiger partial charge is 0.519 e. The van der Waals surface area contributed by atoms with Crippen LogP contribution >= 0.6 is 0 Å². The topological polar surface area (TPSA) is 35.5 Å². The zero-order chi connectivity index (χ0) is 20.1. The highest BCUT2D eigenvalue weighted by Gasteiger charge is 2.46. The van der Waals surface area contributed by atoms with Crippen LogP contribution in [-0.4, -0.2) is 30.2 Å². The summed E-state index contributed by atoms with van der Waals surface area (Å²) < 4.78 is 12.3. The predicted molar refractivity (Wildman–Crippen MR) is 119 cm³/mol. The summed E-state index contributed by atoms with van der Waals surface area (Å²) in [6.45, 7) is 10.7. The Morgan fingerprint density at radius 2 is 1.56 bits per heavy atom. The Kier molecular flexibility index (Phi) is 12.9. The third-order valence-corrected chi connectivity index (χ3v) is 12.4. The van der Waals surface area contributed by atoms with Crippen LogP contribution in [0.15, 0.2) is 0 Å². The van der Waals surface area contributed by atoms with Gasteiger partial charge in [0.25, 0.3) is 14.3 Å². The minimum absolute atomic E-state index is 0.0345. The van der Waals surface area contributed by atoms with Gasteiger partial charge in [0.05, 0.1) is 5.92 Å². The van der Waals surface area contributed by atoms with Gasteiger partial charge in [-0.15, -0.1) is 0 Å². The summed E-state index contributed by atoms with van der Waals surface area (Å²) in [5.74, 6) is 0.0362. The summed E-state index contributed by atoms with van der Waals surface area (Å²) in [4.78, 5) is 13.0. The maximum Gasteiger partial charge on any atom is 0.295 e. The van der Waals surface area contributed by atoms with Gasteiger partial charge in [0, 0.05) is 6.10 Å². The number of carbonyl (C=O) groups excluding carboxylic acids is 1. The zero-order valence-electron chi connectivity index (χ0n) is 18.6. The molecular formula is C22H44O3Si2. The Morgan fingerprint density at radius 1 is 1.00 bits per heavy atom. The number of hydrogen-bond donors (Lipinski definition) is 0. The molecule has 1 unspecified atom stereocenters. The van der Waals surface area contributed by atoms with Gasteiger partial charge in [0.15, 0.2) is 0 Å². The van der Waals surface area contributed by atoms with Gasteiger partial charge in [-0.2, -0.15) is 0 Å². The van der Waals surface area contributed by atoms with Crippen LogP contribution in [0, 0.1) is 5.92 Å². The molecule has 1 atom stereocenters. The van der Waals surface area contributed by atoms with Gasteiger partial charge in [0.1, 0.15) is 0 Å². The molecule has 1 saturated carbocycles. The van der Waals surface area contributed by atoms with E-state index in [9.17, 15) is 4.79 Å². The average Bonchev–Trinajstić information content (AvgIpc) is 3.16. The Bertz CT molecular complexity index is 385. The van der Waals surface area contributed by atoms with Gasteiger partial charge in [-0.25, -0.2) is 0 Å². The second-order valence-electron chi connectivity index (χ2n) is 8.80. The van der Waals surface area contributed by atoms with Gasteiger partial charge in [-0.3, -0.25) is 4.79 Å². The van der Waals surface area contributed by atoms with Crippen LogP contribution < -0.4 is 0 Å². The molecule has 0 heterocycles. The maximum absolute atomic E-state index is 13.0. The summed E-state index contributed by atoms with van der Waals surface area (Å²) in [6, 6.07) is 3.19. The maximum atomic E-state index is 13.0. The first-order valence-electron chi connectivity index (χ1n) is 11.6. The lowest BCUT2D eigenvalue weighted by molar-refractivity contribution is -0.139. The van der Waals surface area contributed by atoms with Crippen LogP contribution in [0.2, 0.25) is 23.7 Å². The third kappa shape index (κ3) is 9.27. The first kappa shape index (κ1) is 24.9. The van der Waals surface area contributed by atoms with E-state index in [-0.39, 0.29) is 18.0 Å². The SMILES string of the molecule is CCCCC[Si](CCCCC)(OC(=O)C(C)C[Si]OC(C)C)C1CCCC1. The Labute approximate surface area is 172 Å². The Hall–Kier alpha value is -0.136. The highest BCUT2D eigenvalue weighted by atomic mass is 28.4. The summed E-state index contributed by atoms with van der Waals surface area (Å²) in [5, 5.41) is 0. The fourth-order valence-corrected chi connectivity index (χ4v) is 10.3. The fraction of sp³-hybridized carbons (Fsp3) is 0.955.